The smallest absolute Gasteiger partial charge is 0.170 e. The molecular weight excluding hydrogens is 311 g/mol. The Bertz CT molecular complexity index is 687. The maximum absolute atomic E-state index is 8.64. The van der Waals surface area contributed by atoms with E-state index in [1.165, 1.54) is 0 Å². The Hall–Kier alpha value is -1.91. The van der Waals surface area contributed by atoms with Gasteiger partial charge in [-0.1, -0.05) is 46.6 Å². The summed E-state index contributed by atoms with van der Waals surface area (Å²) in [4.78, 5) is 0. The summed E-state index contributed by atoms with van der Waals surface area (Å²) >= 11 is 12.1. The van der Waals surface area contributed by atoms with Crippen molar-refractivity contribution in [3.05, 3.63) is 63.1 Å². The molecule has 0 spiro atoms. The summed E-state index contributed by atoms with van der Waals surface area (Å²) in [6.45, 7) is 2.24. The highest BCUT2D eigenvalue weighted by Crippen LogP contribution is 2.25. The lowest BCUT2D eigenvalue weighted by molar-refractivity contribution is 0.304. The van der Waals surface area contributed by atoms with E-state index in [0.717, 1.165) is 11.1 Å². The van der Waals surface area contributed by atoms with Crippen LogP contribution in [0.5, 0.6) is 5.75 Å². The predicted molar refractivity (Wildman–Crippen MR) is 84.5 cm³/mol. The summed E-state index contributed by atoms with van der Waals surface area (Å²) in [5, 5.41) is 12.7. The molecule has 2 rings (SSSR count). The molecule has 0 aliphatic rings. The Morgan fingerprint density at radius 1 is 1.24 bits per heavy atom. The number of aryl methyl sites for hydroxylation is 1. The first-order valence-electron chi connectivity index (χ1n) is 6.16. The second-order valence-electron chi connectivity index (χ2n) is 4.49. The molecule has 0 saturated carbocycles. The number of halogens is 2. The summed E-state index contributed by atoms with van der Waals surface area (Å²) in [6, 6.07) is 10.6. The second kappa shape index (κ2) is 6.70. The van der Waals surface area contributed by atoms with Crippen molar-refractivity contribution in [2.24, 2.45) is 10.9 Å². The van der Waals surface area contributed by atoms with Crippen molar-refractivity contribution in [2.45, 2.75) is 13.5 Å². The Morgan fingerprint density at radius 3 is 2.67 bits per heavy atom. The van der Waals surface area contributed by atoms with E-state index in [4.69, 9.17) is 38.9 Å². The highest BCUT2D eigenvalue weighted by Gasteiger charge is 2.07. The zero-order valence-electron chi connectivity index (χ0n) is 11.3. The number of nitrogens with two attached hydrogens (primary N) is 1. The molecule has 2 aromatic carbocycles. The van der Waals surface area contributed by atoms with Gasteiger partial charge in [-0.05, 0) is 30.7 Å². The zero-order valence-corrected chi connectivity index (χ0v) is 12.8. The summed E-state index contributed by atoms with van der Waals surface area (Å²) in [7, 11) is 0. The van der Waals surface area contributed by atoms with Gasteiger partial charge in [0.1, 0.15) is 12.4 Å². The molecular formula is C15H14Cl2N2O2. The van der Waals surface area contributed by atoms with Crippen LogP contribution in [0.25, 0.3) is 0 Å². The molecule has 0 unspecified atom stereocenters. The molecule has 0 saturated heterocycles. The fourth-order valence-corrected chi connectivity index (χ4v) is 2.16. The van der Waals surface area contributed by atoms with Gasteiger partial charge in [0.15, 0.2) is 5.84 Å². The van der Waals surface area contributed by atoms with Crippen LogP contribution in [0.4, 0.5) is 0 Å². The number of amidine groups is 1. The molecule has 3 N–H and O–H groups in total. The lowest BCUT2D eigenvalue weighted by Gasteiger charge is -2.11. The Balaban J connectivity index is 2.15. The Kier molecular flexibility index (Phi) is 4.94. The van der Waals surface area contributed by atoms with Gasteiger partial charge in [-0.15, -0.1) is 0 Å². The number of oxime groups is 1. The number of ether oxygens (including phenoxy) is 1. The standard InChI is InChI=1S/C15H14Cl2N2O2/c1-9-2-5-12(16)7-14(9)21-8-11-4-3-10(6-13(11)17)15(18)19-20/h2-7,20H,8H2,1H3,(H2,18,19). The fraction of sp³-hybridized carbons (Fsp3) is 0.133. The van der Waals surface area contributed by atoms with Crippen molar-refractivity contribution in [2.75, 3.05) is 0 Å². The zero-order chi connectivity index (χ0) is 15.4. The minimum atomic E-state index is 0.00931. The summed E-state index contributed by atoms with van der Waals surface area (Å²) < 4.78 is 5.73. The molecule has 21 heavy (non-hydrogen) atoms. The summed E-state index contributed by atoms with van der Waals surface area (Å²) in [5.41, 5.74) is 7.84. The Morgan fingerprint density at radius 2 is 2.00 bits per heavy atom. The van der Waals surface area contributed by atoms with Crippen molar-refractivity contribution in [1.29, 1.82) is 0 Å². The average Bonchev–Trinajstić information content (AvgIpc) is 2.48. The van der Waals surface area contributed by atoms with Crippen LogP contribution in [-0.2, 0) is 6.61 Å². The number of rotatable bonds is 4. The molecule has 2 aromatic rings. The Labute approximate surface area is 132 Å². The first-order valence-corrected chi connectivity index (χ1v) is 6.92. The molecule has 4 nitrogen and oxygen atoms in total. The van der Waals surface area contributed by atoms with E-state index in [0.29, 0.717) is 28.0 Å². The normalized spacial score (nSPS) is 11.5. The van der Waals surface area contributed by atoms with Crippen LogP contribution >= 0.6 is 23.2 Å². The van der Waals surface area contributed by atoms with Crippen LogP contribution in [-0.4, -0.2) is 11.0 Å². The van der Waals surface area contributed by atoms with Crippen molar-refractivity contribution < 1.29 is 9.94 Å². The third-order valence-corrected chi connectivity index (χ3v) is 3.58. The molecule has 0 amide bonds. The van der Waals surface area contributed by atoms with Crippen LogP contribution in [0, 0.1) is 6.92 Å². The van der Waals surface area contributed by atoms with Crippen LogP contribution in [0.1, 0.15) is 16.7 Å². The predicted octanol–water partition coefficient (Wildman–Crippen LogP) is 3.98. The molecule has 0 bridgehead atoms. The molecule has 110 valence electrons. The first-order chi connectivity index (χ1) is 10.0. The topological polar surface area (TPSA) is 67.8 Å². The molecule has 0 aliphatic carbocycles. The quantitative estimate of drug-likeness (QED) is 0.387. The van der Waals surface area contributed by atoms with E-state index in [1.807, 2.05) is 19.1 Å². The number of hydrogen-bond acceptors (Lipinski definition) is 3. The minimum absolute atomic E-state index is 0.00931. The van der Waals surface area contributed by atoms with Gasteiger partial charge < -0.3 is 15.7 Å². The van der Waals surface area contributed by atoms with Gasteiger partial charge in [0.2, 0.25) is 0 Å². The van der Waals surface area contributed by atoms with Gasteiger partial charge in [0.25, 0.3) is 0 Å². The third-order valence-electron chi connectivity index (χ3n) is 2.99. The van der Waals surface area contributed by atoms with Crippen LogP contribution < -0.4 is 10.5 Å². The lowest BCUT2D eigenvalue weighted by atomic mass is 10.1. The largest absolute Gasteiger partial charge is 0.489 e. The van der Waals surface area contributed by atoms with E-state index in [-0.39, 0.29) is 5.84 Å². The fourth-order valence-electron chi connectivity index (χ4n) is 1.77. The monoisotopic (exact) mass is 324 g/mol. The highest BCUT2D eigenvalue weighted by atomic mass is 35.5. The number of hydrogen-bond donors (Lipinski definition) is 2. The van der Waals surface area contributed by atoms with E-state index in [2.05, 4.69) is 5.16 Å². The molecule has 0 radical (unpaired) electrons. The van der Waals surface area contributed by atoms with E-state index in [9.17, 15) is 0 Å². The minimum Gasteiger partial charge on any atom is -0.489 e. The number of benzene rings is 2. The van der Waals surface area contributed by atoms with Gasteiger partial charge in [-0.2, -0.15) is 0 Å². The van der Waals surface area contributed by atoms with Crippen molar-refractivity contribution >= 4 is 29.0 Å². The van der Waals surface area contributed by atoms with Crippen molar-refractivity contribution in [1.82, 2.24) is 0 Å². The SMILES string of the molecule is Cc1ccc(Cl)cc1OCc1ccc(/C(N)=N/O)cc1Cl. The molecule has 0 heterocycles. The molecule has 0 fully saturated rings. The maximum Gasteiger partial charge on any atom is 0.170 e. The van der Waals surface area contributed by atoms with Crippen LogP contribution in [0.15, 0.2) is 41.6 Å². The first kappa shape index (κ1) is 15.5. The van der Waals surface area contributed by atoms with E-state index in [1.54, 1.807) is 24.3 Å². The van der Waals surface area contributed by atoms with Crippen molar-refractivity contribution in [3.63, 3.8) is 0 Å². The summed E-state index contributed by atoms with van der Waals surface area (Å²) in [6.07, 6.45) is 0. The molecule has 0 aromatic heterocycles. The lowest BCUT2D eigenvalue weighted by Crippen LogP contribution is -2.13. The van der Waals surface area contributed by atoms with Crippen LogP contribution in [0.3, 0.4) is 0 Å². The maximum atomic E-state index is 8.64. The summed E-state index contributed by atoms with van der Waals surface area (Å²) in [5.74, 6) is 0.717. The van der Waals surface area contributed by atoms with Crippen molar-refractivity contribution in [3.8, 4) is 5.75 Å². The highest BCUT2D eigenvalue weighted by molar-refractivity contribution is 6.31. The second-order valence-corrected chi connectivity index (χ2v) is 5.33. The molecule has 0 atom stereocenters. The average molecular weight is 325 g/mol. The van der Waals surface area contributed by atoms with Gasteiger partial charge >= 0.3 is 0 Å². The van der Waals surface area contributed by atoms with Gasteiger partial charge in [-0.3, -0.25) is 0 Å². The van der Waals surface area contributed by atoms with Gasteiger partial charge in [0.05, 0.1) is 0 Å². The van der Waals surface area contributed by atoms with Gasteiger partial charge in [0, 0.05) is 21.2 Å². The van der Waals surface area contributed by atoms with Gasteiger partial charge in [-0.25, -0.2) is 0 Å². The van der Waals surface area contributed by atoms with E-state index >= 15 is 0 Å². The molecule has 6 heteroatoms. The van der Waals surface area contributed by atoms with E-state index < -0.39 is 0 Å². The molecule has 0 aliphatic heterocycles. The number of nitrogens with zero attached hydrogens (tertiary/aromatic N) is 1. The third kappa shape index (κ3) is 3.80. The van der Waals surface area contributed by atoms with Crippen LogP contribution in [0.2, 0.25) is 10.0 Å².